The van der Waals surface area contributed by atoms with Gasteiger partial charge in [0.15, 0.2) is 10.9 Å². The number of carbonyl (C=O) groups excluding carboxylic acids is 1. The van der Waals surface area contributed by atoms with E-state index in [0.717, 1.165) is 42.8 Å². The van der Waals surface area contributed by atoms with Crippen molar-refractivity contribution in [2.75, 3.05) is 5.75 Å². The van der Waals surface area contributed by atoms with Crippen molar-refractivity contribution < 1.29 is 4.79 Å². The van der Waals surface area contributed by atoms with Gasteiger partial charge in [0.2, 0.25) is 0 Å². The van der Waals surface area contributed by atoms with Gasteiger partial charge in [-0.3, -0.25) is 14.2 Å². The first-order chi connectivity index (χ1) is 16.7. The van der Waals surface area contributed by atoms with Crippen molar-refractivity contribution in [2.24, 2.45) is 17.8 Å². The van der Waals surface area contributed by atoms with Crippen molar-refractivity contribution in [1.29, 1.82) is 0 Å². The predicted molar refractivity (Wildman–Crippen MR) is 146 cm³/mol. The highest BCUT2D eigenvalue weighted by molar-refractivity contribution is 7.99. The van der Waals surface area contributed by atoms with Crippen molar-refractivity contribution in [1.82, 2.24) is 14.1 Å². The Balaban J connectivity index is 1.65. The van der Waals surface area contributed by atoms with Crippen molar-refractivity contribution in [3.05, 3.63) is 57.6 Å². The van der Waals surface area contributed by atoms with Crippen LogP contribution < -0.4 is 5.56 Å². The molecular formula is C29H39N3O2S. The van der Waals surface area contributed by atoms with Gasteiger partial charge in [0, 0.05) is 29.5 Å². The molecule has 3 atom stereocenters. The molecule has 6 heteroatoms. The second kappa shape index (κ2) is 10.7. The summed E-state index contributed by atoms with van der Waals surface area (Å²) in [5, 5.41) is 1.32. The molecule has 0 unspecified atom stereocenters. The van der Waals surface area contributed by atoms with E-state index < -0.39 is 0 Å². The van der Waals surface area contributed by atoms with Crippen LogP contribution in [-0.2, 0) is 6.54 Å². The molecule has 1 aliphatic carbocycles. The number of fused-ring (bicyclic) bond motifs is 1. The maximum atomic E-state index is 13.7. The van der Waals surface area contributed by atoms with Gasteiger partial charge in [-0.15, -0.1) is 0 Å². The van der Waals surface area contributed by atoms with Crippen LogP contribution >= 0.6 is 11.8 Å². The number of thioether (sulfide) groups is 1. The van der Waals surface area contributed by atoms with Gasteiger partial charge in [0.25, 0.3) is 5.56 Å². The zero-order valence-corrected chi connectivity index (χ0v) is 22.8. The van der Waals surface area contributed by atoms with Gasteiger partial charge in [0.05, 0.1) is 16.7 Å². The Bertz CT molecular complexity index is 1270. The van der Waals surface area contributed by atoms with Crippen LogP contribution in [0.4, 0.5) is 0 Å². The van der Waals surface area contributed by atoms with E-state index in [-0.39, 0.29) is 23.1 Å². The summed E-state index contributed by atoms with van der Waals surface area (Å²) in [4.78, 5) is 31.9. The minimum atomic E-state index is 0.0170. The summed E-state index contributed by atoms with van der Waals surface area (Å²) in [6.45, 7) is 14.0. The number of para-hydroxylation sites is 1. The molecule has 1 saturated carbocycles. The zero-order chi connectivity index (χ0) is 25.3. The standard InChI is InChI=1S/C29H39N3O2S/c1-18(2)14-15-31-20(4)16-24(22(31)6)27(33)17-35-29-30-25-12-8-7-11-23(25)28(34)32(29)26-13-9-10-19(3)21(26)5/h7-8,11-12,16,18-19,21,26H,9-10,13-15,17H2,1-6H3/t19-,21+,26+/m1/s1. The first kappa shape index (κ1) is 25.7. The molecule has 1 aliphatic rings. The number of Topliss-reactive ketones (excluding diaryl/α,β-unsaturated/α-hetero) is 1. The maximum Gasteiger partial charge on any atom is 0.262 e. The fraction of sp³-hybridized carbons (Fsp3) is 0.552. The topological polar surface area (TPSA) is 56.9 Å². The number of ketones is 1. The fourth-order valence-electron chi connectivity index (χ4n) is 5.46. The number of rotatable bonds is 8. The molecule has 0 spiro atoms. The smallest absolute Gasteiger partial charge is 0.262 e. The van der Waals surface area contributed by atoms with E-state index in [9.17, 15) is 9.59 Å². The van der Waals surface area contributed by atoms with Crippen LogP contribution in [0.2, 0.25) is 0 Å². The Labute approximate surface area is 213 Å². The molecule has 5 nitrogen and oxygen atoms in total. The third-order valence-electron chi connectivity index (χ3n) is 7.91. The molecule has 3 aromatic rings. The average Bonchev–Trinajstić information content (AvgIpc) is 3.11. The molecule has 0 amide bonds. The van der Waals surface area contributed by atoms with E-state index >= 15 is 0 Å². The average molecular weight is 494 g/mol. The lowest BCUT2D eigenvalue weighted by Gasteiger charge is -2.36. The highest BCUT2D eigenvalue weighted by Gasteiger charge is 2.31. The molecule has 0 saturated heterocycles. The lowest BCUT2D eigenvalue weighted by Crippen LogP contribution is -2.35. The van der Waals surface area contributed by atoms with Crippen molar-refractivity contribution in [2.45, 2.75) is 85.0 Å². The number of benzene rings is 1. The molecule has 0 N–H and O–H groups in total. The van der Waals surface area contributed by atoms with E-state index in [0.29, 0.717) is 33.8 Å². The highest BCUT2D eigenvalue weighted by Crippen LogP contribution is 2.39. The van der Waals surface area contributed by atoms with Crippen molar-refractivity contribution >= 4 is 28.4 Å². The van der Waals surface area contributed by atoms with Gasteiger partial charge >= 0.3 is 0 Å². The third kappa shape index (κ3) is 5.28. The summed E-state index contributed by atoms with van der Waals surface area (Å²) in [7, 11) is 0. The Kier molecular flexibility index (Phi) is 7.89. The summed E-state index contributed by atoms with van der Waals surface area (Å²) in [5.74, 6) is 1.93. The number of carbonyl (C=O) groups is 1. The van der Waals surface area contributed by atoms with Crippen molar-refractivity contribution in [3.8, 4) is 0 Å². The monoisotopic (exact) mass is 493 g/mol. The lowest BCUT2D eigenvalue weighted by atomic mass is 9.78. The Hall–Kier alpha value is -2.34. The second-order valence-corrected chi connectivity index (χ2v) is 11.7. The first-order valence-corrected chi connectivity index (χ1v) is 14.0. The van der Waals surface area contributed by atoms with Gasteiger partial charge in [-0.25, -0.2) is 4.98 Å². The van der Waals surface area contributed by atoms with Crippen molar-refractivity contribution in [3.63, 3.8) is 0 Å². The zero-order valence-electron chi connectivity index (χ0n) is 22.0. The molecule has 2 aromatic heterocycles. The first-order valence-electron chi connectivity index (χ1n) is 13.0. The summed E-state index contributed by atoms with van der Waals surface area (Å²) < 4.78 is 4.17. The minimum absolute atomic E-state index is 0.0170. The van der Waals surface area contributed by atoms with E-state index in [2.05, 4.69) is 39.2 Å². The molecule has 0 aliphatic heterocycles. The van der Waals surface area contributed by atoms with E-state index in [1.165, 1.54) is 18.2 Å². The normalized spacial score (nSPS) is 20.6. The van der Waals surface area contributed by atoms with Crippen LogP contribution in [-0.4, -0.2) is 25.7 Å². The molecule has 35 heavy (non-hydrogen) atoms. The molecule has 0 bridgehead atoms. The summed E-state index contributed by atoms with van der Waals surface area (Å²) in [6, 6.07) is 9.70. The van der Waals surface area contributed by atoms with E-state index in [1.807, 2.05) is 41.8 Å². The predicted octanol–water partition coefficient (Wildman–Crippen LogP) is 6.83. The number of hydrogen-bond acceptors (Lipinski definition) is 4. The quantitative estimate of drug-likeness (QED) is 0.196. The van der Waals surface area contributed by atoms with Crippen LogP contribution in [0.3, 0.4) is 0 Å². The van der Waals surface area contributed by atoms with Gasteiger partial charge in [-0.1, -0.05) is 64.4 Å². The van der Waals surface area contributed by atoms with Crippen LogP contribution in [0.5, 0.6) is 0 Å². The Morgan fingerprint density at radius 1 is 1.17 bits per heavy atom. The van der Waals surface area contributed by atoms with Crippen LogP contribution in [0, 0.1) is 31.6 Å². The minimum Gasteiger partial charge on any atom is -0.348 e. The van der Waals surface area contributed by atoms with E-state index in [4.69, 9.17) is 4.98 Å². The van der Waals surface area contributed by atoms with Gasteiger partial charge in [-0.2, -0.15) is 0 Å². The number of nitrogens with zero attached hydrogens (tertiary/aromatic N) is 3. The van der Waals surface area contributed by atoms with Gasteiger partial charge < -0.3 is 4.57 Å². The molecule has 1 fully saturated rings. The molecule has 4 rings (SSSR count). The SMILES string of the molecule is Cc1cc(C(=O)CSc2nc3ccccc3c(=O)n2[C@H]2CCC[C@@H](C)[C@@H]2C)c(C)n1CCC(C)C. The summed E-state index contributed by atoms with van der Waals surface area (Å²) in [5.41, 5.74) is 3.66. The van der Waals surface area contributed by atoms with Crippen LogP contribution in [0.15, 0.2) is 40.3 Å². The van der Waals surface area contributed by atoms with Gasteiger partial charge in [-0.05, 0) is 62.6 Å². The number of aryl methyl sites for hydroxylation is 1. The third-order valence-corrected chi connectivity index (χ3v) is 8.86. The number of hydrogen-bond donors (Lipinski definition) is 0. The van der Waals surface area contributed by atoms with Crippen LogP contribution in [0.25, 0.3) is 10.9 Å². The van der Waals surface area contributed by atoms with E-state index in [1.54, 1.807) is 0 Å². The second-order valence-electron chi connectivity index (χ2n) is 10.8. The lowest BCUT2D eigenvalue weighted by molar-refractivity contribution is 0.102. The maximum absolute atomic E-state index is 13.7. The summed E-state index contributed by atoms with van der Waals surface area (Å²) >= 11 is 1.41. The van der Waals surface area contributed by atoms with Gasteiger partial charge in [0.1, 0.15) is 0 Å². The molecular weight excluding hydrogens is 454 g/mol. The molecule has 2 heterocycles. The Morgan fingerprint density at radius 2 is 1.91 bits per heavy atom. The van der Waals surface area contributed by atoms with Crippen LogP contribution in [0.1, 0.15) is 81.2 Å². The highest BCUT2D eigenvalue weighted by atomic mass is 32.2. The largest absolute Gasteiger partial charge is 0.348 e. The molecule has 0 radical (unpaired) electrons. The fourth-order valence-corrected chi connectivity index (χ4v) is 6.40. The number of aromatic nitrogens is 3. The molecule has 1 aromatic carbocycles. The molecule has 188 valence electrons. The summed E-state index contributed by atoms with van der Waals surface area (Å²) in [6.07, 6.45) is 4.37. The Morgan fingerprint density at radius 3 is 2.66 bits per heavy atom.